The number of rotatable bonds is 1. The molecular weight excluding hydrogens is 442 g/mol. The van der Waals surface area contributed by atoms with Gasteiger partial charge in [-0.15, -0.1) is 23.1 Å². The number of halogens is 3. The Morgan fingerprint density at radius 3 is 2.12 bits per heavy atom. The van der Waals surface area contributed by atoms with E-state index in [9.17, 15) is 8.78 Å². The average Bonchev–Trinajstić information content (AvgIpc) is 3.33. The summed E-state index contributed by atoms with van der Waals surface area (Å²) in [5, 5.41) is 4.08. The zero-order valence-electron chi connectivity index (χ0n) is 13.8. The first kappa shape index (κ1) is 20.6. The summed E-state index contributed by atoms with van der Waals surface area (Å²) in [4.78, 5) is 15.1. The Kier molecular flexibility index (Phi) is 8.79. The maximum atomic E-state index is 12.4. The zero-order chi connectivity index (χ0) is 18.8. The van der Waals surface area contributed by atoms with Crippen LogP contribution in [0.25, 0.3) is 0 Å². The maximum Gasteiger partial charge on any atom is 0.212 e. The number of thioether (sulfide) groups is 1. The van der Waals surface area contributed by atoms with Crippen molar-refractivity contribution >= 4 is 44.1 Å². The fourth-order valence-corrected chi connectivity index (χ4v) is 3.19. The van der Waals surface area contributed by atoms with E-state index in [4.69, 9.17) is 0 Å². The van der Waals surface area contributed by atoms with Gasteiger partial charge in [0, 0.05) is 46.3 Å². The van der Waals surface area contributed by atoms with Crippen LogP contribution in [0.4, 0.5) is 8.78 Å². The molecule has 3 aromatic rings. The van der Waals surface area contributed by atoms with E-state index in [1.807, 2.05) is 12.3 Å². The molecule has 4 rings (SSSR count). The van der Waals surface area contributed by atoms with Gasteiger partial charge in [-0.3, -0.25) is 9.98 Å². The van der Waals surface area contributed by atoms with Crippen LogP contribution in [0.3, 0.4) is 0 Å². The first-order valence-electron chi connectivity index (χ1n) is 7.47. The van der Waals surface area contributed by atoms with Crippen LogP contribution in [0.15, 0.2) is 57.7 Å². The molecule has 4 nitrogen and oxygen atoms in total. The number of hydrogen-bond acceptors (Lipinski definition) is 6. The first-order valence-corrected chi connectivity index (χ1v) is 10.1. The summed E-state index contributed by atoms with van der Waals surface area (Å²) < 4.78 is 25.2. The van der Waals surface area contributed by atoms with E-state index in [-0.39, 0.29) is 0 Å². The zero-order valence-corrected chi connectivity index (χ0v) is 17.0. The average molecular weight is 457 g/mol. The highest BCUT2D eigenvalue weighted by Gasteiger charge is 2.09. The molecule has 0 bridgehead atoms. The maximum absolute atomic E-state index is 12.4. The van der Waals surface area contributed by atoms with Gasteiger partial charge in [0.1, 0.15) is 0 Å². The smallest absolute Gasteiger partial charge is 0.212 e. The molecule has 136 valence electrons. The summed E-state index contributed by atoms with van der Waals surface area (Å²) in [6.45, 7) is 2.85. The fourth-order valence-electron chi connectivity index (χ4n) is 1.66. The Balaban J connectivity index is 0.000000151. The molecule has 0 spiro atoms. The molecule has 1 aliphatic heterocycles. The summed E-state index contributed by atoms with van der Waals surface area (Å²) >= 11 is 6.47. The summed E-state index contributed by atoms with van der Waals surface area (Å²) in [6.07, 6.45) is 4.74. The molecule has 0 aromatic carbocycles. The molecule has 3 aromatic heterocycles. The minimum absolute atomic E-state index is 0.442. The third-order valence-electron chi connectivity index (χ3n) is 2.81. The summed E-state index contributed by atoms with van der Waals surface area (Å²) in [5.41, 5.74) is 0.916. The Morgan fingerprint density at radius 2 is 1.73 bits per heavy atom. The van der Waals surface area contributed by atoms with Crippen LogP contribution >= 0.6 is 39.0 Å². The quantitative estimate of drug-likeness (QED) is 0.475. The lowest BCUT2D eigenvalue weighted by Crippen LogP contribution is -1.93. The molecule has 0 N–H and O–H groups in total. The number of aryl methyl sites for hydroxylation is 1. The molecule has 0 radical (unpaired) electrons. The lowest BCUT2D eigenvalue weighted by atomic mass is 10.3. The molecule has 0 saturated heterocycles. The summed E-state index contributed by atoms with van der Waals surface area (Å²) in [7, 11) is 0. The van der Waals surface area contributed by atoms with Gasteiger partial charge in [0.05, 0.1) is 10.1 Å². The van der Waals surface area contributed by atoms with Crippen LogP contribution in [-0.4, -0.2) is 32.3 Å². The molecule has 0 amide bonds. The molecule has 0 fully saturated rings. The van der Waals surface area contributed by atoms with E-state index in [0.29, 0.717) is 0 Å². The number of aromatic nitrogens is 3. The van der Waals surface area contributed by atoms with Gasteiger partial charge in [-0.05, 0) is 47.1 Å². The highest BCUT2D eigenvalue weighted by atomic mass is 79.9. The van der Waals surface area contributed by atoms with Crippen molar-refractivity contribution in [1.82, 2.24) is 15.0 Å². The Labute approximate surface area is 167 Å². The molecule has 0 unspecified atom stereocenters. The molecule has 4 heterocycles. The normalized spacial score (nSPS) is 12.4. The second-order valence-corrected chi connectivity index (χ2v) is 7.85. The van der Waals surface area contributed by atoms with E-state index in [0.717, 1.165) is 32.4 Å². The van der Waals surface area contributed by atoms with Crippen molar-refractivity contribution in [2.75, 3.05) is 12.3 Å². The van der Waals surface area contributed by atoms with E-state index in [1.54, 1.807) is 41.4 Å². The number of pyridine rings is 2. The summed E-state index contributed by atoms with van der Waals surface area (Å²) in [6, 6.07) is 5.96. The van der Waals surface area contributed by atoms with Gasteiger partial charge in [0.2, 0.25) is 11.9 Å². The molecular formula is C17H15BrF2N4S2. The second kappa shape index (κ2) is 11.1. The van der Waals surface area contributed by atoms with Crippen LogP contribution in [0.2, 0.25) is 0 Å². The predicted octanol–water partition coefficient (Wildman–Crippen LogP) is 5.15. The van der Waals surface area contributed by atoms with Crippen molar-refractivity contribution in [3.05, 3.63) is 75.2 Å². The van der Waals surface area contributed by atoms with Crippen molar-refractivity contribution in [3.8, 4) is 0 Å². The van der Waals surface area contributed by atoms with Crippen molar-refractivity contribution in [2.45, 2.75) is 6.92 Å². The van der Waals surface area contributed by atoms with E-state index in [2.05, 4.69) is 35.9 Å². The first-order chi connectivity index (χ1) is 12.5. The van der Waals surface area contributed by atoms with Crippen molar-refractivity contribution in [2.24, 2.45) is 4.99 Å². The van der Waals surface area contributed by atoms with Gasteiger partial charge in [0.15, 0.2) is 0 Å². The molecule has 0 saturated carbocycles. The predicted molar refractivity (Wildman–Crippen MR) is 107 cm³/mol. The third kappa shape index (κ3) is 7.67. The van der Waals surface area contributed by atoms with Gasteiger partial charge >= 0.3 is 0 Å². The topological polar surface area (TPSA) is 51.0 Å². The second-order valence-electron chi connectivity index (χ2n) is 4.76. The van der Waals surface area contributed by atoms with Crippen molar-refractivity contribution in [1.29, 1.82) is 0 Å². The minimum Gasteiger partial charge on any atom is -0.277 e. The van der Waals surface area contributed by atoms with Gasteiger partial charge in [0.25, 0.3) is 0 Å². The molecule has 26 heavy (non-hydrogen) atoms. The van der Waals surface area contributed by atoms with Crippen molar-refractivity contribution < 1.29 is 8.78 Å². The Morgan fingerprint density at radius 1 is 1.00 bits per heavy atom. The number of thiazole rings is 1. The fraction of sp³-hybridized carbons (Fsp3) is 0.176. The minimum atomic E-state index is -0.451. The lowest BCUT2D eigenvalue weighted by molar-refractivity contribution is 0.583. The van der Waals surface area contributed by atoms with Crippen LogP contribution in [0.5, 0.6) is 0 Å². The lowest BCUT2D eigenvalue weighted by Gasteiger charge is -1.96. The highest BCUT2D eigenvalue weighted by Crippen LogP contribution is 2.18. The van der Waals surface area contributed by atoms with Crippen LogP contribution < -0.4 is 0 Å². The molecule has 0 atom stereocenters. The van der Waals surface area contributed by atoms with E-state index in [1.165, 1.54) is 24.5 Å². The summed E-state index contributed by atoms with van der Waals surface area (Å²) in [5.74, 6) is 0.128. The highest BCUT2D eigenvalue weighted by molar-refractivity contribution is 9.10. The van der Waals surface area contributed by atoms with Gasteiger partial charge in [-0.1, -0.05) is 0 Å². The van der Waals surface area contributed by atoms with Crippen LogP contribution in [-0.2, 0) is 0 Å². The number of hydrogen-bond donors (Lipinski definition) is 0. The third-order valence-corrected chi connectivity index (χ3v) is 5.01. The molecule has 1 aliphatic rings. The van der Waals surface area contributed by atoms with E-state index >= 15 is 0 Å². The molecule has 0 aliphatic carbocycles. The number of aliphatic imine (C=N–C) groups is 1. The Hall–Kier alpha value is -1.71. The molecule has 9 heteroatoms. The van der Waals surface area contributed by atoms with Crippen LogP contribution in [0.1, 0.15) is 10.6 Å². The van der Waals surface area contributed by atoms with E-state index < -0.39 is 11.9 Å². The van der Waals surface area contributed by atoms with Crippen LogP contribution in [0, 0.1) is 18.8 Å². The largest absolute Gasteiger partial charge is 0.277 e. The Bertz CT molecular complexity index is 789. The van der Waals surface area contributed by atoms with Gasteiger partial charge in [-0.2, -0.15) is 8.78 Å². The van der Waals surface area contributed by atoms with Gasteiger partial charge < -0.3 is 0 Å². The monoisotopic (exact) mass is 456 g/mol. The van der Waals surface area contributed by atoms with Gasteiger partial charge in [-0.25, -0.2) is 9.97 Å². The standard InChI is InChI=1S/C8H7FN2S.C5H3BrFN.C4H5NS/c9-7-2-1-6(5-11-7)8-10-3-4-12-8;6-4-1-2-5(7)8-3-4;1-4-5-2-3-6-4/h1-2,5H,3-4H2;1-3H;2-3H,1H3. The SMILES string of the molecule is Cc1nccs1.Fc1ccc(Br)cn1.Fc1ccc(C2=NCCS2)cn1. The number of nitrogens with zero attached hydrogens (tertiary/aromatic N) is 4. The van der Waals surface area contributed by atoms with Crippen molar-refractivity contribution in [3.63, 3.8) is 0 Å².